The Morgan fingerprint density at radius 2 is 1.56 bits per heavy atom. The van der Waals surface area contributed by atoms with E-state index in [2.05, 4.69) is 50.0 Å². The van der Waals surface area contributed by atoms with Crippen LogP contribution in [0.5, 0.6) is 11.5 Å². The Balaban J connectivity index is 1.55. The molecule has 4 nitrogen and oxygen atoms in total. The first-order valence-electron chi connectivity index (χ1n) is 11.6. The van der Waals surface area contributed by atoms with Crippen LogP contribution in [-0.2, 0) is 6.42 Å². The Kier molecular flexibility index (Phi) is 8.85. The molecule has 168 valence electrons. The minimum Gasteiger partial charge on any atom is -0.493 e. The fourth-order valence-electron chi connectivity index (χ4n) is 3.25. The fraction of sp³-hybridized carbons (Fsp3) is 0.357. The van der Waals surface area contributed by atoms with Crippen LogP contribution in [0.2, 0.25) is 0 Å². The molecule has 0 bridgehead atoms. The van der Waals surface area contributed by atoms with Gasteiger partial charge in [0, 0.05) is 11.8 Å². The second kappa shape index (κ2) is 12.0. The molecule has 0 amide bonds. The predicted octanol–water partition coefficient (Wildman–Crippen LogP) is 7.13. The lowest BCUT2D eigenvalue weighted by Crippen LogP contribution is -2.10. The van der Waals surface area contributed by atoms with E-state index in [-0.39, 0.29) is 5.69 Å². The minimum absolute atomic E-state index is 0.280. The third-order valence-electron chi connectivity index (χ3n) is 5.59. The van der Waals surface area contributed by atoms with Crippen molar-refractivity contribution in [3.63, 3.8) is 0 Å². The zero-order chi connectivity index (χ0) is 22.8. The van der Waals surface area contributed by atoms with Gasteiger partial charge < -0.3 is 9.47 Å². The van der Waals surface area contributed by atoms with Crippen molar-refractivity contribution in [3.8, 4) is 22.6 Å². The summed E-state index contributed by atoms with van der Waals surface area (Å²) in [4.78, 5) is 16.8. The summed E-state index contributed by atoms with van der Waals surface area (Å²) in [5, 5.41) is 0. The molecular formula is C28H33NO3. The van der Waals surface area contributed by atoms with Crippen molar-refractivity contribution in [2.75, 3.05) is 6.61 Å². The molecule has 0 N–H and O–H groups in total. The van der Waals surface area contributed by atoms with Crippen molar-refractivity contribution in [2.45, 2.75) is 52.9 Å². The fourth-order valence-corrected chi connectivity index (χ4v) is 3.25. The van der Waals surface area contributed by atoms with Gasteiger partial charge in [-0.3, -0.25) is 0 Å². The first kappa shape index (κ1) is 23.5. The van der Waals surface area contributed by atoms with Crippen molar-refractivity contribution >= 4 is 5.97 Å². The highest BCUT2D eigenvalue weighted by molar-refractivity contribution is 5.89. The molecule has 3 aromatic rings. The molecular weight excluding hydrogens is 398 g/mol. The van der Waals surface area contributed by atoms with Crippen molar-refractivity contribution in [1.29, 1.82) is 0 Å². The van der Waals surface area contributed by atoms with E-state index in [4.69, 9.17) is 9.47 Å². The average Bonchev–Trinajstić information content (AvgIpc) is 2.84. The molecule has 1 heterocycles. The van der Waals surface area contributed by atoms with E-state index in [1.54, 1.807) is 24.4 Å². The monoisotopic (exact) mass is 431 g/mol. The number of nitrogens with zero attached hydrogens (tertiary/aromatic N) is 1. The predicted molar refractivity (Wildman–Crippen MR) is 129 cm³/mol. The standard InChI is InChI=1S/C28H33NO3/c1-4-6-7-8-22-9-11-23(12-10-22)24-13-18-27(29-19-24)28(30)32-26-16-14-25(15-17-26)31-20-21(3)5-2/h9-19,21H,4-8,20H2,1-3H3/t21-/m0/s1. The van der Waals surface area contributed by atoms with Crippen LogP contribution in [0, 0.1) is 5.92 Å². The maximum atomic E-state index is 12.5. The lowest BCUT2D eigenvalue weighted by Gasteiger charge is -2.11. The molecule has 0 radical (unpaired) electrons. The molecule has 0 aliphatic heterocycles. The number of hydrogen-bond donors (Lipinski definition) is 0. The normalized spacial score (nSPS) is 11.7. The first-order valence-corrected chi connectivity index (χ1v) is 11.6. The van der Waals surface area contributed by atoms with Crippen molar-refractivity contribution < 1.29 is 14.3 Å². The maximum Gasteiger partial charge on any atom is 0.362 e. The first-order chi connectivity index (χ1) is 15.6. The highest BCUT2D eigenvalue weighted by Gasteiger charge is 2.11. The van der Waals surface area contributed by atoms with Gasteiger partial charge in [0.25, 0.3) is 0 Å². The number of unbranched alkanes of at least 4 members (excludes halogenated alkanes) is 2. The molecule has 0 unspecified atom stereocenters. The third-order valence-corrected chi connectivity index (χ3v) is 5.59. The van der Waals surface area contributed by atoms with Gasteiger partial charge in [0.1, 0.15) is 17.2 Å². The number of carbonyl (C=O) groups is 1. The number of pyridine rings is 1. The Bertz CT molecular complexity index is 963. The number of carbonyl (C=O) groups excluding carboxylic acids is 1. The number of aromatic nitrogens is 1. The minimum atomic E-state index is -0.476. The van der Waals surface area contributed by atoms with Gasteiger partial charge in [0.2, 0.25) is 0 Å². The summed E-state index contributed by atoms with van der Waals surface area (Å²) in [5.74, 6) is 1.26. The van der Waals surface area contributed by atoms with Crippen LogP contribution in [0.15, 0.2) is 66.9 Å². The van der Waals surface area contributed by atoms with E-state index in [1.165, 1.54) is 24.8 Å². The van der Waals surface area contributed by atoms with Gasteiger partial charge in [-0.1, -0.05) is 70.4 Å². The number of ether oxygens (including phenoxy) is 2. The molecule has 0 spiro atoms. The lowest BCUT2D eigenvalue weighted by atomic mass is 10.0. The SMILES string of the molecule is CCCCCc1ccc(-c2ccc(C(=O)Oc3ccc(OC[C@@H](C)CC)cc3)nc2)cc1. The smallest absolute Gasteiger partial charge is 0.362 e. The summed E-state index contributed by atoms with van der Waals surface area (Å²) in [6, 6.07) is 19.3. The zero-order valence-corrected chi connectivity index (χ0v) is 19.3. The van der Waals surface area contributed by atoms with Crippen LogP contribution in [0.3, 0.4) is 0 Å². The van der Waals surface area contributed by atoms with Crippen LogP contribution in [-0.4, -0.2) is 17.6 Å². The highest BCUT2D eigenvalue weighted by Crippen LogP contribution is 2.22. The number of rotatable bonds is 11. The summed E-state index contributed by atoms with van der Waals surface area (Å²) < 4.78 is 11.2. The van der Waals surface area contributed by atoms with Crippen LogP contribution in [0.25, 0.3) is 11.1 Å². The van der Waals surface area contributed by atoms with Crippen LogP contribution in [0.1, 0.15) is 62.5 Å². The molecule has 1 aromatic heterocycles. The van der Waals surface area contributed by atoms with Gasteiger partial charge in [-0.2, -0.15) is 0 Å². The van der Waals surface area contributed by atoms with Crippen LogP contribution >= 0.6 is 0 Å². The van der Waals surface area contributed by atoms with E-state index < -0.39 is 5.97 Å². The van der Waals surface area contributed by atoms with Gasteiger partial charge in [-0.15, -0.1) is 0 Å². The molecule has 3 rings (SSSR count). The molecule has 32 heavy (non-hydrogen) atoms. The Labute approximate surface area is 191 Å². The van der Waals surface area contributed by atoms with E-state index in [1.807, 2.05) is 18.2 Å². The second-order valence-corrected chi connectivity index (χ2v) is 8.27. The molecule has 0 aliphatic carbocycles. The van der Waals surface area contributed by atoms with Gasteiger partial charge in [-0.25, -0.2) is 9.78 Å². The van der Waals surface area contributed by atoms with E-state index in [0.717, 1.165) is 29.7 Å². The van der Waals surface area contributed by atoms with Gasteiger partial charge in [0.05, 0.1) is 6.61 Å². The van der Waals surface area contributed by atoms with Gasteiger partial charge in [0.15, 0.2) is 0 Å². The molecule has 0 saturated carbocycles. The quantitative estimate of drug-likeness (QED) is 0.184. The number of esters is 1. The third kappa shape index (κ3) is 6.94. The zero-order valence-electron chi connectivity index (χ0n) is 19.3. The van der Waals surface area contributed by atoms with Crippen molar-refractivity contribution in [2.24, 2.45) is 5.92 Å². The molecule has 0 saturated heterocycles. The summed E-state index contributed by atoms with van der Waals surface area (Å²) in [5.41, 5.74) is 3.70. The van der Waals surface area contributed by atoms with E-state index in [9.17, 15) is 4.79 Å². The highest BCUT2D eigenvalue weighted by atomic mass is 16.5. The second-order valence-electron chi connectivity index (χ2n) is 8.27. The summed E-state index contributed by atoms with van der Waals surface area (Å²) in [7, 11) is 0. The molecule has 0 aliphatic rings. The summed E-state index contributed by atoms with van der Waals surface area (Å²) in [6.45, 7) is 7.18. The Morgan fingerprint density at radius 1 is 0.875 bits per heavy atom. The van der Waals surface area contributed by atoms with E-state index in [0.29, 0.717) is 18.3 Å². The maximum absolute atomic E-state index is 12.5. The molecule has 1 atom stereocenters. The van der Waals surface area contributed by atoms with Gasteiger partial charge >= 0.3 is 5.97 Å². The van der Waals surface area contributed by atoms with Gasteiger partial charge in [-0.05, 0) is 60.2 Å². The number of benzene rings is 2. The van der Waals surface area contributed by atoms with Crippen molar-refractivity contribution in [1.82, 2.24) is 4.98 Å². The number of aryl methyl sites for hydroxylation is 1. The summed E-state index contributed by atoms with van der Waals surface area (Å²) in [6.07, 6.45) is 7.63. The molecule has 0 fully saturated rings. The topological polar surface area (TPSA) is 48.4 Å². The molecule has 4 heteroatoms. The van der Waals surface area contributed by atoms with Crippen LogP contribution < -0.4 is 9.47 Å². The largest absolute Gasteiger partial charge is 0.493 e. The van der Waals surface area contributed by atoms with Crippen molar-refractivity contribution in [3.05, 3.63) is 78.1 Å². The van der Waals surface area contributed by atoms with E-state index >= 15 is 0 Å². The Morgan fingerprint density at radius 3 is 2.19 bits per heavy atom. The number of hydrogen-bond acceptors (Lipinski definition) is 4. The summed E-state index contributed by atoms with van der Waals surface area (Å²) >= 11 is 0. The van der Waals surface area contributed by atoms with Crippen LogP contribution in [0.4, 0.5) is 0 Å². The Hall–Kier alpha value is -3.14. The lowest BCUT2D eigenvalue weighted by molar-refractivity contribution is 0.0728. The molecule has 2 aromatic carbocycles. The average molecular weight is 432 g/mol.